The van der Waals surface area contributed by atoms with Crippen LogP contribution in [0, 0.1) is 13.8 Å². The zero-order valence-corrected chi connectivity index (χ0v) is 28.7. The Morgan fingerprint density at radius 1 is 0.404 bits per heavy atom. The van der Waals surface area contributed by atoms with E-state index in [1.807, 2.05) is 0 Å². The smallest absolute Gasteiger partial charge is 0.0715 e. The van der Waals surface area contributed by atoms with Gasteiger partial charge in [-0.3, -0.25) is 0 Å². The monoisotopic (exact) mass is 620 g/mol. The molecule has 0 N–H and O–H groups in total. The number of aryl methyl sites for hydroxylation is 2. The number of rotatable bonds is 6. The molecule has 0 saturated heterocycles. The molecule has 0 amide bonds. The second-order valence-corrected chi connectivity index (χ2v) is 18.8. The third-order valence-corrected chi connectivity index (χ3v) is 14.9. The average molecular weight is 621 g/mol. The van der Waals surface area contributed by atoms with Crippen LogP contribution in [0.25, 0.3) is 56.7 Å². The highest BCUT2D eigenvalue weighted by Gasteiger charge is 2.43. The van der Waals surface area contributed by atoms with Crippen LogP contribution in [0.4, 0.5) is 0 Å². The van der Waals surface area contributed by atoms with E-state index in [-0.39, 0.29) is 0 Å². The number of hydrogen-bond acceptors (Lipinski definition) is 0. The molecule has 0 aromatic heterocycles. The molecular formula is C46H40Si. The molecule has 0 bridgehead atoms. The van der Waals surface area contributed by atoms with Crippen LogP contribution in [0.1, 0.15) is 44.5 Å². The van der Waals surface area contributed by atoms with Gasteiger partial charge < -0.3 is 0 Å². The molecule has 2 atom stereocenters. The zero-order chi connectivity index (χ0) is 32.1. The van der Waals surface area contributed by atoms with Gasteiger partial charge in [-0.2, -0.15) is 0 Å². The zero-order valence-electron chi connectivity index (χ0n) is 27.7. The Morgan fingerprint density at radius 3 is 1.23 bits per heavy atom. The van der Waals surface area contributed by atoms with Crippen LogP contribution in [0.15, 0.2) is 146 Å². The van der Waals surface area contributed by atoms with E-state index in [2.05, 4.69) is 185 Å². The van der Waals surface area contributed by atoms with Crippen LogP contribution >= 0.6 is 0 Å². The van der Waals surface area contributed by atoms with Crippen molar-refractivity contribution < 1.29 is 0 Å². The van der Waals surface area contributed by atoms with Crippen LogP contribution in [0.3, 0.4) is 0 Å². The minimum absolute atomic E-state index is 0.457. The van der Waals surface area contributed by atoms with Crippen molar-refractivity contribution in [1.29, 1.82) is 0 Å². The highest BCUT2D eigenvalue weighted by atomic mass is 28.3. The molecule has 8 rings (SSSR count). The SMILES string of the molecule is Cc1cc(-c2cccc3c2C=CC3[Si](C)(C)C2C=Cc3c(-c4ccc(-c5ccccc5)c(C)c4)cccc32)ccc1-c1ccccc1. The van der Waals surface area contributed by atoms with Crippen LogP contribution in [-0.2, 0) is 0 Å². The minimum Gasteiger partial charge on any atom is -0.0791 e. The number of hydrogen-bond donors (Lipinski definition) is 0. The lowest BCUT2D eigenvalue weighted by molar-refractivity contribution is 1.05. The molecule has 6 aromatic rings. The second-order valence-electron chi connectivity index (χ2n) is 13.9. The van der Waals surface area contributed by atoms with Crippen molar-refractivity contribution in [3.63, 3.8) is 0 Å². The summed E-state index contributed by atoms with van der Waals surface area (Å²) in [7, 11) is -1.89. The Hall–Kier alpha value is -4.98. The summed E-state index contributed by atoms with van der Waals surface area (Å²) >= 11 is 0. The normalized spacial score (nSPS) is 16.3. The molecule has 0 heterocycles. The molecule has 47 heavy (non-hydrogen) atoms. The summed E-state index contributed by atoms with van der Waals surface area (Å²) in [4.78, 5) is 0. The van der Waals surface area contributed by atoms with E-state index in [9.17, 15) is 0 Å². The van der Waals surface area contributed by atoms with E-state index in [0.717, 1.165) is 0 Å². The fourth-order valence-electron chi connectivity index (χ4n) is 8.21. The van der Waals surface area contributed by atoms with Gasteiger partial charge in [-0.15, -0.1) is 0 Å². The first-order chi connectivity index (χ1) is 22.9. The van der Waals surface area contributed by atoms with E-state index >= 15 is 0 Å². The second kappa shape index (κ2) is 11.7. The first kappa shape index (κ1) is 29.4. The Bertz CT molecular complexity index is 2030. The molecule has 2 aliphatic rings. The molecule has 0 fully saturated rings. The van der Waals surface area contributed by atoms with Crippen molar-refractivity contribution >= 4 is 20.2 Å². The van der Waals surface area contributed by atoms with E-state index in [0.29, 0.717) is 11.1 Å². The minimum atomic E-state index is -1.89. The van der Waals surface area contributed by atoms with Gasteiger partial charge in [0.2, 0.25) is 0 Å². The van der Waals surface area contributed by atoms with Gasteiger partial charge >= 0.3 is 0 Å². The average Bonchev–Trinajstić information content (AvgIpc) is 3.75. The van der Waals surface area contributed by atoms with Crippen molar-refractivity contribution in [2.45, 2.75) is 38.0 Å². The lowest BCUT2D eigenvalue weighted by Gasteiger charge is -2.35. The first-order valence-electron chi connectivity index (χ1n) is 16.9. The van der Waals surface area contributed by atoms with E-state index < -0.39 is 8.07 Å². The number of allylic oxidation sites excluding steroid dienone is 2. The van der Waals surface area contributed by atoms with Crippen LogP contribution in [0.5, 0.6) is 0 Å². The maximum atomic E-state index is 2.60. The number of fused-ring (bicyclic) bond motifs is 2. The van der Waals surface area contributed by atoms with Gasteiger partial charge in [0.05, 0.1) is 8.07 Å². The van der Waals surface area contributed by atoms with Crippen molar-refractivity contribution in [2.75, 3.05) is 0 Å². The third-order valence-electron chi connectivity index (χ3n) is 10.7. The summed E-state index contributed by atoms with van der Waals surface area (Å²) in [5, 5.41) is 0. The van der Waals surface area contributed by atoms with Crippen LogP contribution in [0.2, 0.25) is 13.1 Å². The Morgan fingerprint density at radius 2 is 0.830 bits per heavy atom. The molecule has 2 aliphatic carbocycles. The number of benzene rings is 6. The van der Waals surface area contributed by atoms with Gasteiger partial charge in [0.25, 0.3) is 0 Å². The summed E-state index contributed by atoms with van der Waals surface area (Å²) in [5.41, 5.74) is 19.8. The van der Waals surface area contributed by atoms with Crippen LogP contribution < -0.4 is 0 Å². The van der Waals surface area contributed by atoms with Crippen LogP contribution in [-0.4, -0.2) is 8.07 Å². The van der Waals surface area contributed by atoms with E-state index in [1.165, 1.54) is 77.9 Å². The fourth-order valence-corrected chi connectivity index (χ4v) is 11.9. The standard InChI is InChI=1S/C46H40Si/c1-31-29-35(21-23-37(31)33-13-7-5-8-14-33)39-17-11-19-43-41(39)25-27-45(43)47(3,4)46-28-26-42-40(18-12-20-44(42)46)36-22-24-38(32(2)30-36)34-15-9-6-10-16-34/h5-30,45-46H,1-4H3. The first-order valence-corrected chi connectivity index (χ1v) is 20.0. The van der Waals surface area contributed by atoms with Crippen molar-refractivity contribution in [3.05, 3.63) is 179 Å². The molecule has 1 heteroatoms. The van der Waals surface area contributed by atoms with Gasteiger partial charge in [0.15, 0.2) is 0 Å². The lowest BCUT2D eigenvalue weighted by atomic mass is 9.92. The predicted octanol–water partition coefficient (Wildman–Crippen LogP) is 12.7. The molecular weight excluding hydrogens is 581 g/mol. The molecule has 6 aromatic carbocycles. The Labute approximate surface area is 280 Å². The quantitative estimate of drug-likeness (QED) is 0.163. The topological polar surface area (TPSA) is 0 Å². The van der Waals surface area contributed by atoms with E-state index in [1.54, 1.807) is 0 Å². The lowest BCUT2D eigenvalue weighted by Crippen LogP contribution is -2.40. The molecule has 0 radical (unpaired) electrons. The summed E-state index contributed by atoms with van der Waals surface area (Å²) in [5.74, 6) is 0. The highest BCUT2D eigenvalue weighted by molar-refractivity contribution is 6.81. The van der Waals surface area contributed by atoms with Crippen molar-refractivity contribution in [2.24, 2.45) is 0 Å². The molecule has 0 spiro atoms. The van der Waals surface area contributed by atoms with Crippen molar-refractivity contribution in [1.82, 2.24) is 0 Å². The summed E-state index contributed by atoms with van der Waals surface area (Å²) < 4.78 is 0. The molecule has 0 saturated carbocycles. The molecule has 228 valence electrons. The van der Waals surface area contributed by atoms with Gasteiger partial charge in [-0.05, 0) is 103 Å². The Kier molecular flexibility index (Phi) is 7.31. The largest absolute Gasteiger partial charge is 0.0791 e. The summed E-state index contributed by atoms with van der Waals surface area (Å²) in [6.45, 7) is 9.66. The van der Waals surface area contributed by atoms with Gasteiger partial charge in [-0.25, -0.2) is 0 Å². The van der Waals surface area contributed by atoms with Gasteiger partial charge in [0.1, 0.15) is 0 Å². The van der Waals surface area contributed by atoms with Gasteiger partial charge in [0, 0.05) is 0 Å². The molecule has 2 unspecified atom stereocenters. The summed E-state index contributed by atoms with van der Waals surface area (Å²) in [6.07, 6.45) is 9.87. The summed E-state index contributed by atoms with van der Waals surface area (Å²) in [6, 6.07) is 49.3. The van der Waals surface area contributed by atoms with Gasteiger partial charge in [-0.1, -0.05) is 171 Å². The maximum Gasteiger partial charge on any atom is 0.0715 e. The Balaban J connectivity index is 1.11. The van der Waals surface area contributed by atoms with Crippen molar-refractivity contribution in [3.8, 4) is 44.5 Å². The maximum absolute atomic E-state index is 2.60. The highest BCUT2D eigenvalue weighted by Crippen LogP contribution is 2.50. The molecule has 0 nitrogen and oxygen atoms in total. The predicted molar refractivity (Wildman–Crippen MR) is 205 cm³/mol. The fraction of sp³-hybridized carbons (Fsp3) is 0.130. The van der Waals surface area contributed by atoms with E-state index in [4.69, 9.17) is 0 Å². The molecule has 0 aliphatic heterocycles. The third kappa shape index (κ3) is 5.07.